The predicted molar refractivity (Wildman–Crippen MR) is 70.0 cm³/mol. The molecule has 0 saturated carbocycles. The zero-order valence-electron chi connectivity index (χ0n) is 10.7. The first-order chi connectivity index (χ1) is 7.21. The van der Waals surface area contributed by atoms with Crippen molar-refractivity contribution >= 4 is 0 Å². The first kappa shape index (κ1) is 15.1. The van der Waals surface area contributed by atoms with Gasteiger partial charge in [-0.1, -0.05) is 51.1 Å². The summed E-state index contributed by atoms with van der Waals surface area (Å²) in [6, 6.07) is 10.4. The fourth-order valence-electron chi connectivity index (χ4n) is 2.48. The Balaban J connectivity index is 0.00000225. The zero-order valence-corrected chi connectivity index (χ0v) is 10.7. The highest BCUT2D eigenvalue weighted by Crippen LogP contribution is 2.36. The molecule has 0 bridgehead atoms. The lowest BCUT2D eigenvalue weighted by atomic mass is 9.71. The van der Waals surface area contributed by atoms with Crippen LogP contribution in [0.1, 0.15) is 45.6 Å². The van der Waals surface area contributed by atoms with E-state index in [1.165, 1.54) is 5.56 Å². The minimum atomic E-state index is -0.241. The van der Waals surface area contributed by atoms with Gasteiger partial charge in [-0.25, -0.2) is 0 Å². The third kappa shape index (κ3) is 2.63. The maximum Gasteiger partial charge on any atom is 0.0633 e. The summed E-state index contributed by atoms with van der Waals surface area (Å²) in [4.78, 5) is 0. The van der Waals surface area contributed by atoms with Crippen LogP contribution in [0.3, 0.4) is 0 Å². The summed E-state index contributed by atoms with van der Waals surface area (Å²) in [6.07, 6.45) is 2.55. The highest BCUT2D eigenvalue weighted by Gasteiger charge is 2.34. The Bertz CT molecular complexity index is 280. The van der Waals surface area contributed by atoms with Gasteiger partial charge in [-0.2, -0.15) is 0 Å². The second-order valence-electron chi connectivity index (χ2n) is 4.15. The van der Waals surface area contributed by atoms with Crippen molar-refractivity contribution in [1.29, 1.82) is 0 Å². The molecule has 1 atom stereocenters. The number of hydrogen-bond donors (Lipinski definition) is 2. The van der Waals surface area contributed by atoms with Crippen molar-refractivity contribution in [3.05, 3.63) is 35.9 Å². The Morgan fingerprint density at radius 3 is 1.94 bits per heavy atom. The van der Waals surface area contributed by atoms with Gasteiger partial charge in [-0.3, -0.25) is 0 Å². The van der Waals surface area contributed by atoms with Gasteiger partial charge in [-0.15, -0.1) is 0 Å². The molecule has 0 aliphatic carbocycles. The van der Waals surface area contributed by atoms with Crippen LogP contribution in [-0.2, 0) is 5.41 Å². The zero-order chi connectivity index (χ0) is 11.3. The minimum Gasteiger partial charge on any atom is -0.392 e. The molecule has 1 aromatic rings. The van der Waals surface area contributed by atoms with Gasteiger partial charge in [0, 0.05) is 5.41 Å². The van der Waals surface area contributed by atoms with Gasteiger partial charge >= 0.3 is 0 Å². The lowest BCUT2D eigenvalue weighted by Crippen LogP contribution is -2.38. The Labute approximate surface area is 99.3 Å². The fourth-order valence-corrected chi connectivity index (χ4v) is 2.48. The van der Waals surface area contributed by atoms with Crippen LogP contribution in [-0.4, -0.2) is 11.2 Å². The average molecular weight is 223 g/mol. The van der Waals surface area contributed by atoms with Gasteiger partial charge < -0.3 is 11.3 Å². The summed E-state index contributed by atoms with van der Waals surface area (Å²) >= 11 is 0. The van der Waals surface area contributed by atoms with E-state index in [0.29, 0.717) is 0 Å². The number of rotatable bonds is 5. The van der Waals surface area contributed by atoms with E-state index in [1.54, 1.807) is 0 Å². The normalized spacial score (nSPS) is 13.0. The van der Waals surface area contributed by atoms with Crippen LogP contribution in [0.15, 0.2) is 30.3 Å². The van der Waals surface area contributed by atoms with Gasteiger partial charge in [0.1, 0.15) is 0 Å². The molecular formula is C14H25NO. The van der Waals surface area contributed by atoms with Crippen LogP contribution in [0.4, 0.5) is 0 Å². The van der Waals surface area contributed by atoms with E-state index in [-0.39, 0.29) is 17.7 Å². The molecule has 92 valence electrons. The van der Waals surface area contributed by atoms with Crippen molar-refractivity contribution < 1.29 is 5.11 Å². The topological polar surface area (TPSA) is 55.2 Å². The van der Waals surface area contributed by atoms with E-state index < -0.39 is 0 Å². The number of benzene rings is 1. The van der Waals surface area contributed by atoms with Crippen LogP contribution in [0.5, 0.6) is 0 Å². The molecule has 0 heterocycles. The van der Waals surface area contributed by atoms with E-state index in [9.17, 15) is 5.11 Å². The van der Waals surface area contributed by atoms with E-state index >= 15 is 0 Å². The summed E-state index contributed by atoms with van der Waals surface area (Å²) in [6.45, 7) is 6.37. The SMILES string of the molecule is CCC(O)C(CC)(CC)c1ccccc1.N. The van der Waals surface area contributed by atoms with Crippen LogP contribution < -0.4 is 6.15 Å². The number of aliphatic hydroxyl groups is 1. The molecule has 1 unspecified atom stereocenters. The highest BCUT2D eigenvalue weighted by atomic mass is 16.3. The molecule has 1 aromatic carbocycles. The summed E-state index contributed by atoms with van der Waals surface area (Å²) in [5.41, 5.74) is 1.21. The monoisotopic (exact) mass is 223 g/mol. The first-order valence-electron chi connectivity index (χ1n) is 5.94. The molecule has 0 fully saturated rings. The van der Waals surface area contributed by atoms with E-state index in [0.717, 1.165) is 19.3 Å². The molecule has 1 rings (SSSR count). The molecule has 0 saturated heterocycles. The average Bonchev–Trinajstić information content (AvgIpc) is 2.32. The largest absolute Gasteiger partial charge is 0.392 e. The van der Waals surface area contributed by atoms with Crippen LogP contribution in [0, 0.1) is 0 Å². The molecule has 0 aliphatic rings. The summed E-state index contributed by atoms with van der Waals surface area (Å²) in [7, 11) is 0. The second-order valence-corrected chi connectivity index (χ2v) is 4.15. The number of aliphatic hydroxyl groups excluding tert-OH is 1. The van der Waals surface area contributed by atoms with Crippen molar-refractivity contribution in [2.75, 3.05) is 0 Å². The fraction of sp³-hybridized carbons (Fsp3) is 0.571. The van der Waals surface area contributed by atoms with E-state index in [4.69, 9.17) is 0 Å². The maximum absolute atomic E-state index is 10.2. The Morgan fingerprint density at radius 2 is 1.56 bits per heavy atom. The minimum absolute atomic E-state index is 0. The Morgan fingerprint density at radius 1 is 1.06 bits per heavy atom. The standard InChI is InChI=1S/C14H22O.H3N/c1-4-13(15)14(5-2,6-3)12-10-8-7-9-11-12;/h7-11,13,15H,4-6H2,1-3H3;1H3. The third-order valence-corrected chi connectivity index (χ3v) is 3.64. The molecule has 0 radical (unpaired) electrons. The quantitative estimate of drug-likeness (QED) is 0.800. The van der Waals surface area contributed by atoms with Crippen molar-refractivity contribution in [2.45, 2.75) is 51.6 Å². The predicted octanol–water partition coefficient (Wildman–Crippen LogP) is 3.68. The molecule has 0 aliphatic heterocycles. The van der Waals surface area contributed by atoms with E-state index in [1.807, 2.05) is 13.0 Å². The number of hydrogen-bond acceptors (Lipinski definition) is 2. The Kier molecular flexibility index (Phi) is 6.31. The molecule has 0 amide bonds. The van der Waals surface area contributed by atoms with Crippen molar-refractivity contribution in [3.8, 4) is 0 Å². The van der Waals surface area contributed by atoms with Crippen LogP contribution in [0.2, 0.25) is 0 Å². The molecule has 2 heteroatoms. The van der Waals surface area contributed by atoms with Crippen LogP contribution in [0.25, 0.3) is 0 Å². The summed E-state index contributed by atoms with van der Waals surface area (Å²) < 4.78 is 0. The maximum atomic E-state index is 10.2. The van der Waals surface area contributed by atoms with Crippen LogP contribution >= 0.6 is 0 Å². The molecule has 0 aromatic heterocycles. The van der Waals surface area contributed by atoms with Crippen molar-refractivity contribution in [2.24, 2.45) is 0 Å². The lowest BCUT2D eigenvalue weighted by molar-refractivity contribution is 0.0698. The van der Waals surface area contributed by atoms with Gasteiger partial charge in [0.15, 0.2) is 0 Å². The van der Waals surface area contributed by atoms with Gasteiger partial charge in [0.2, 0.25) is 0 Å². The Hall–Kier alpha value is -0.860. The first-order valence-corrected chi connectivity index (χ1v) is 5.94. The van der Waals surface area contributed by atoms with Gasteiger partial charge in [-0.05, 0) is 24.8 Å². The third-order valence-electron chi connectivity index (χ3n) is 3.64. The van der Waals surface area contributed by atoms with Crippen molar-refractivity contribution in [3.63, 3.8) is 0 Å². The van der Waals surface area contributed by atoms with Gasteiger partial charge in [0.25, 0.3) is 0 Å². The summed E-state index contributed by atoms with van der Waals surface area (Å²) in [5, 5.41) is 10.2. The molecule has 4 N–H and O–H groups in total. The summed E-state index contributed by atoms with van der Waals surface area (Å²) in [5.74, 6) is 0. The molecular weight excluding hydrogens is 198 g/mol. The smallest absolute Gasteiger partial charge is 0.0633 e. The molecule has 16 heavy (non-hydrogen) atoms. The highest BCUT2D eigenvalue weighted by molar-refractivity contribution is 5.26. The molecule has 0 spiro atoms. The lowest BCUT2D eigenvalue weighted by Gasteiger charge is -2.36. The van der Waals surface area contributed by atoms with Crippen molar-refractivity contribution in [1.82, 2.24) is 6.15 Å². The second kappa shape index (κ2) is 6.66. The van der Waals surface area contributed by atoms with Gasteiger partial charge in [0.05, 0.1) is 6.10 Å². The van der Waals surface area contributed by atoms with E-state index in [2.05, 4.69) is 38.1 Å². The molecule has 2 nitrogen and oxygen atoms in total.